The van der Waals surface area contributed by atoms with E-state index in [1.165, 1.54) is 0 Å². The summed E-state index contributed by atoms with van der Waals surface area (Å²) in [4.78, 5) is 30.4. The Labute approximate surface area is 70.6 Å². The summed E-state index contributed by atoms with van der Waals surface area (Å²) in [5.41, 5.74) is 0. The Balaban J connectivity index is 3.59. The Bertz CT molecular complexity index is 164. The summed E-state index contributed by atoms with van der Waals surface area (Å²) in [5.74, 6) is -1.20. The third-order valence-electron chi connectivity index (χ3n) is 1.58. The topological polar surface area (TPSA) is 71.4 Å². The number of carboxylic acid groups (broad SMARTS) is 1. The number of rotatable bonds is 7. The zero-order valence-corrected chi connectivity index (χ0v) is 6.73. The van der Waals surface area contributed by atoms with Crippen LogP contribution in [0.15, 0.2) is 0 Å². The Morgan fingerprint density at radius 3 is 2.42 bits per heavy atom. The number of carboxylic acids is 1. The van der Waals surface area contributed by atoms with E-state index in [2.05, 4.69) is 0 Å². The van der Waals surface area contributed by atoms with Gasteiger partial charge in [0.05, 0.1) is 0 Å². The highest BCUT2D eigenvalue weighted by molar-refractivity contribution is 5.67. The smallest absolute Gasteiger partial charge is 0.303 e. The van der Waals surface area contributed by atoms with Crippen LogP contribution >= 0.6 is 0 Å². The predicted molar refractivity (Wildman–Crippen MR) is 41.7 cm³/mol. The molecule has 1 unspecified atom stereocenters. The van der Waals surface area contributed by atoms with Crippen LogP contribution in [0.25, 0.3) is 0 Å². The molecule has 68 valence electrons. The van der Waals surface area contributed by atoms with E-state index < -0.39 is 5.97 Å². The van der Waals surface area contributed by atoms with Gasteiger partial charge < -0.3 is 14.7 Å². The monoisotopic (exact) mass is 172 g/mol. The molecule has 0 aliphatic carbocycles. The number of aliphatic carboxylic acids is 1. The van der Waals surface area contributed by atoms with E-state index in [1.54, 1.807) is 0 Å². The lowest BCUT2D eigenvalue weighted by Gasteiger charge is -2.04. The van der Waals surface area contributed by atoms with Crippen molar-refractivity contribution in [3.63, 3.8) is 0 Å². The zero-order chi connectivity index (χ0) is 9.40. The maximum absolute atomic E-state index is 10.3. The van der Waals surface area contributed by atoms with Crippen LogP contribution in [0, 0.1) is 5.92 Å². The van der Waals surface area contributed by atoms with Crippen LogP contribution in [0.3, 0.4) is 0 Å². The van der Waals surface area contributed by atoms with Crippen LogP contribution in [0.2, 0.25) is 0 Å². The van der Waals surface area contributed by atoms with Gasteiger partial charge >= 0.3 is 5.97 Å². The summed E-state index contributed by atoms with van der Waals surface area (Å²) in [6, 6.07) is 0. The SMILES string of the molecule is O=CCCC(C=O)CCC(=O)O. The van der Waals surface area contributed by atoms with Crippen LogP contribution in [0.1, 0.15) is 25.7 Å². The summed E-state index contributed by atoms with van der Waals surface area (Å²) >= 11 is 0. The van der Waals surface area contributed by atoms with E-state index in [9.17, 15) is 14.4 Å². The molecule has 0 aliphatic heterocycles. The van der Waals surface area contributed by atoms with Crippen molar-refractivity contribution in [1.29, 1.82) is 0 Å². The molecular formula is C8H12O4. The largest absolute Gasteiger partial charge is 0.481 e. The average Bonchev–Trinajstić information content (AvgIpc) is 2.05. The minimum atomic E-state index is -0.909. The maximum atomic E-state index is 10.3. The van der Waals surface area contributed by atoms with Gasteiger partial charge in [-0.1, -0.05) is 0 Å². The van der Waals surface area contributed by atoms with Gasteiger partial charge in [-0.05, 0) is 12.8 Å². The minimum absolute atomic E-state index is 0.0116. The number of carbonyl (C=O) groups excluding carboxylic acids is 2. The second-order valence-corrected chi connectivity index (χ2v) is 2.57. The van der Waals surface area contributed by atoms with Gasteiger partial charge in [-0.15, -0.1) is 0 Å². The van der Waals surface area contributed by atoms with E-state index in [0.29, 0.717) is 25.5 Å². The lowest BCUT2D eigenvalue weighted by Crippen LogP contribution is -2.06. The van der Waals surface area contributed by atoms with Crippen LogP contribution < -0.4 is 0 Å². The number of hydrogen-bond donors (Lipinski definition) is 1. The molecule has 0 radical (unpaired) electrons. The molecule has 12 heavy (non-hydrogen) atoms. The molecule has 0 saturated heterocycles. The lowest BCUT2D eigenvalue weighted by atomic mass is 10.00. The van der Waals surface area contributed by atoms with Crippen LogP contribution in [0.4, 0.5) is 0 Å². The van der Waals surface area contributed by atoms with Crippen molar-refractivity contribution in [2.45, 2.75) is 25.7 Å². The highest BCUT2D eigenvalue weighted by Crippen LogP contribution is 2.09. The quantitative estimate of drug-likeness (QED) is 0.572. The van der Waals surface area contributed by atoms with Crippen LogP contribution in [-0.2, 0) is 14.4 Å². The summed E-state index contributed by atoms with van der Waals surface area (Å²) in [7, 11) is 0. The first kappa shape index (κ1) is 10.8. The fourth-order valence-electron chi connectivity index (χ4n) is 0.871. The molecule has 0 aromatic rings. The van der Waals surface area contributed by atoms with Crippen molar-refractivity contribution in [2.24, 2.45) is 5.92 Å². The van der Waals surface area contributed by atoms with E-state index in [0.717, 1.165) is 6.29 Å². The normalized spacial score (nSPS) is 12.0. The lowest BCUT2D eigenvalue weighted by molar-refractivity contribution is -0.137. The molecule has 4 heteroatoms. The molecule has 0 rings (SSSR count). The highest BCUT2D eigenvalue weighted by atomic mass is 16.4. The summed E-state index contributed by atoms with van der Waals surface area (Å²) in [5, 5.41) is 8.30. The van der Waals surface area contributed by atoms with E-state index in [-0.39, 0.29) is 12.3 Å². The van der Waals surface area contributed by atoms with Crippen molar-refractivity contribution in [3.8, 4) is 0 Å². The molecule has 0 aromatic carbocycles. The fourth-order valence-corrected chi connectivity index (χ4v) is 0.871. The molecule has 1 atom stereocenters. The summed E-state index contributed by atoms with van der Waals surface area (Å²) in [6.07, 6.45) is 2.54. The highest BCUT2D eigenvalue weighted by Gasteiger charge is 2.08. The molecule has 1 N–H and O–H groups in total. The average molecular weight is 172 g/mol. The third kappa shape index (κ3) is 5.58. The van der Waals surface area contributed by atoms with Gasteiger partial charge in [0.1, 0.15) is 12.6 Å². The Kier molecular flexibility index (Phi) is 5.87. The Morgan fingerprint density at radius 1 is 1.33 bits per heavy atom. The molecule has 0 fully saturated rings. The zero-order valence-electron chi connectivity index (χ0n) is 6.73. The second kappa shape index (κ2) is 6.52. The predicted octanol–water partition coefficient (Wildman–Crippen LogP) is 0.645. The standard InChI is InChI=1S/C8H12O4/c9-5-1-2-7(6-10)3-4-8(11)12/h5-7H,1-4H2,(H,11,12). The summed E-state index contributed by atoms with van der Waals surface area (Å²) < 4.78 is 0. The Hall–Kier alpha value is -1.19. The van der Waals surface area contributed by atoms with Crippen LogP contribution in [0.5, 0.6) is 0 Å². The summed E-state index contributed by atoms with van der Waals surface area (Å²) in [6.45, 7) is 0. The number of carbonyl (C=O) groups is 3. The van der Waals surface area contributed by atoms with Gasteiger partial charge in [-0.3, -0.25) is 4.79 Å². The first-order chi connectivity index (χ1) is 5.70. The molecular weight excluding hydrogens is 160 g/mol. The van der Waals surface area contributed by atoms with Gasteiger partial charge in [-0.2, -0.15) is 0 Å². The van der Waals surface area contributed by atoms with E-state index in [4.69, 9.17) is 5.11 Å². The fraction of sp³-hybridized carbons (Fsp3) is 0.625. The van der Waals surface area contributed by atoms with Gasteiger partial charge in [0.15, 0.2) is 0 Å². The number of hydrogen-bond acceptors (Lipinski definition) is 3. The minimum Gasteiger partial charge on any atom is -0.481 e. The second-order valence-electron chi connectivity index (χ2n) is 2.57. The maximum Gasteiger partial charge on any atom is 0.303 e. The van der Waals surface area contributed by atoms with Crippen molar-refractivity contribution in [1.82, 2.24) is 0 Å². The molecule has 0 spiro atoms. The molecule has 0 amide bonds. The Morgan fingerprint density at radius 2 is 2.00 bits per heavy atom. The molecule has 0 heterocycles. The van der Waals surface area contributed by atoms with Crippen LogP contribution in [-0.4, -0.2) is 23.6 Å². The molecule has 0 saturated carbocycles. The third-order valence-corrected chi connectivity index (χ3v) is 1.58. The molecule has 0 aliphatic rings. The van der Waals surface area contributed by atoms with Gasteiger partial charge in [0, 0.05) is 18.8 Å². The first-order valence-corrected chi connectivity index (χ1v) is 3.81. The van der Waals surface area contributed by atoms with Gasteiger partial charge in [-0.25, -0.2) is 0 Å². The van der Waals surface area contributed by atoms with E-state index >= 15 is 0 Å². The van der Waals surface area contributed by atoms with E-state index in [1.807, 2.05) is 0 Å². The number of aldehydes is 2. The van der Waals surface area contributed by atoms with Gasteiger partial charge in [0.2, 0.25) is 0 Å². The van der Waals surface area contributed by atoms with Crippen molar-refractivity contribution in [3.05, 3.63) is 0 Å². The molecule has 0 bridgehead atoms. The molecule has 0 aromatic heterocycles. The molecule has 4 nitrogen and oxygen atoms in total. The van der Waals surface area contributed by atoms with Gasteiger partial charge in [0.25, 0.3) is 0 Å². The van der Waals surface area contributed by atoms with Crippen molar-refractivity contribution in [2.75, 3.05) is 0 Å². The first-order valence-electron chi connectivity index (χ1n) is 3.81. The van der Waals surface area contributed by atoms with Crippen molar-refractivity contribution >= 4 is 18.5 Å². The van der Waals surface area contributed by atoms with Crippen molar-refractivity contribution < 1.29 is 19.5 Å².